The molecule has 0 radical (unpaired) electrons. The van der Waals surface area contributed by atoms with Crippen LogP contribution >= 0.6 is 23.5 Å². The van der Waals surface area contributed by atoms with Gasteiger partial charge >= 0.3 is 5.97 Å². The molecular formula is C21H20N2O4S2. The number of hydrogen-bond donors (Lipinski definition) is 1. The van der Waals surface area contributed by atoms with Gasteiger partial charge in [0.2, 0.25) is 11.8 Å². The topological polar surface area (TPSA) is 75.7 Å². The Balaban J connectivity index is 1.69. The number of carbonyl (C=O) groups excluding carboxylic acids is 3. The summed E-state index contributed by atoms with van der Waals surface area (Å²) in [5.41, 5.74) is 0.668. The van der Waals surface area contributed by atoms with Gasteiger partial charge in [-0.2, -0.15) is 0 Å². The monoisotopic (exact) mass is 428 g/mol. The quantitative estimate of drug-likeness (QED) is 0.535. The number of para-hydroxylation sites is 1. The van der Waals surface area contributed by atoms with E-state index in [0.717, 1.165) is 9.79 Å². The van der Waals surface area contributed by atoms with E-state index in [4.69, 9.17) is 4.74 Å². The summed E-state index contributed by atoms with van der Waals surface area (Å²) < 4.78 is 4.89. The van der Waals surface area contributed by atoms with Gasteiger partial charge in [-0.25, -0.2) is 4.79 Å². The van der Waals surface area contributed by atoms with Crippen molar-refractivity contribution in [3.63, 3.8) is 0 Å². The van der Waals surface area contributed by atoms with E-state index in [-0.39, 0.29) is 30.7 Å². The third-order valence-corrected chi connectivity index (χ3v) is 5.98. The predicted octanol–water partition coefficient (Wildman–Crippen LogP) is 3.76. The summed E-state index contributed by atoms with van der Waals surface area (Å²) >= 11 is 2.76. The van der Waals surface area contributed by atoms with Crippen LogP contribution in [0.4, 0.5) is 5.69 Å². The Hall–Kier alpha value is -2.71. The molecule has 0 saturated carbocycles. The zero-order valence-corrected chi connectivity index (χ0v) is 17.4. The molecule has 0 unspecified atom stereocenters. The van der Waals surface area contributed by atoms with E-state index in [0.29, 0.717) is 10.7 Å². The minimum Gasteiger partial charge on any atom is -0.463 e. The van der Waals surface area contributed by atoms with Crippen molar-refractivity contribution in [1.82, 2.24) is 4.90 Å². The molecule has 3 rings (SSSR count). The molecule has 2 aromatic rings. The molecule has 150 valence electrons. The smallest absolute Gasteiger partial charge is 0.333 e. The fraction of sp³-hybridized carbons (Fsp3) is 0.190. The third kappa shape index (κ3) is 5.88. The predicted molar refractivity (Wildman–Crippen MR) is 115 cm³/mol. The van der Waals surface area contributed by atoms with Crippen LogP contribution < -0.4 is 5.32 Å². The first-order chi connectivity index (χ1) is 14.1. The summed E-state index contributed by atoms with van der Waals surface area (Å²) in [6.45, 7) is 1.79. The highest BCUT2D eigenvalue weighted by molar-refractivity contribution is 8.04. The number of anilines is 1. The summed E-state index contributed by atoms with van der Waals surface area (Å²) in [5.74, 6) is -0.886. The Kier molecular flexibility index (Phi) is 7.37. The normalized spacial score (nSPS) is 14.9. The SMILES string of the molecule is CCOC(=O)/C=C1/SCC(=O)N1CC(=O)Nc1ccccc1Sc1ccccc1. The number of nitrogens with one attached hydrogen (secondary N) is 1. The lowest BCUT2D eigenvalue weighted by atomic mass is 10.3. The number of ether oxygens (including phenoxy) is 1. The van der Waals surface area contributed by atoms with Crippen molar-refractivity contribution in [3.05, 3.63) is 65.7 Å². The van der Waals surface area contributed by atoms with E-state index in [1.165, 1.54) is 22.7 Å². The fourth-order valence-electron chi connectivity index (χ4n) is 2.59. The Morgan fingerprint density at radius 1 is 1.17 bits per heavy atom. The number of benzene rings is 2. The molecule has 1 N–H and O–H groups in total. The van der Waals surface area contributed by atoms with Crippen molar-refractivity contribution >= 4 is 47.0 Å². The summed E-state index contributed by atoms with van der Waals surface area (Å²) in [6.07, 6.45) is 1.26. The van der Waals surface area contributed by atoms with Crippen LogP contribution in [-0.2, 0) is 19.1 Å². The Morgan fingerprint density at radius 3 is 2.66 bits per heavy atom. The molecule has 2 amide bonds. The number of hydrogen-bond acceptors (Lipinski definition) is 6. The third-order valence-electron chi connectivity index (χ3n) is 3.87. The van der Waals surface area contributed by atoms with Crippen molar-refractivity contribution in [3.8, 4) is 0 Å². The molecule has 0 aromatic heterocycles. The number of thioether (sulfide) groups is 1. The van der Waals surface area contributed by atoms with Gasteiger partial charge in [0.1, 0.15) is 6.54 Å². The molecule has 1 aliphatic heterocycles. The first-order valence-electron chi connectivity index (χ1n) is 9.00. The fourth-order valence-corrected chi connectivity index (χ4v) is 4.44. The maximum Gasteiger partial charge on any atom is 0.333 e. The van der Waals surface area contributed by atoms with Crippen LogP contribution in [0, 0.1) is 0 Å². The van der Waals surface area contributed by atoms with Gasteiger partial charge in [0.05, 0.1) is 29.2 Å². The van der Waals surface area contributed by atoms with E-state index < -0.39 is 5.97 Å². The molecule has 29 heavy (non-hydrogen) atoms. The summed E-state index contributed by atoms with van der Waals surface area (Å²) in [6, 6.07) is 17.3. The van der Waals surface area contributed by atoms with Crippen molar-refractivity contribution in [2.45, 2.75) is 16.7 Å². The lowest BCUT2D eigenvalue weighted by Crippen LogP contribution is -2.34. The molecule has 0 aliphatic carbocycles. The van der Waals surface area contributed by atoms with Crippen molar-refractivity contribution in [1.29, 1.82) is 0 Å². The van der Waals surface area contributed by atoms with E-state index >= 15 is 0 Å². The molecular weight excluding hydrogens is 408 g/mol. The van der Waals surface area contributed by atoms with Crippen LogP contribution in [0.3, 0.4) is 0 Å². The lowest BCUT2D eigenvalue weighted by molar-refractivity contribution is -0.137. The number of amides is 2. The Bertz CT molecular complexity index is 931. The van der Waals surface area contributed by atoms with Gasteiger partial charge in [-0.05, 0) is 31.2 Å². The zero-order chi connectivity index (χ0) is 20.6. The Labute approximate surface area is 177 Å². The van der Waals surface area contributed by atoms with Crippen molar-refractivity contribution in [2.24, 2.45) is 0 Å². The number of rotatable bonds is 7. The largest absolute Gasteiger partial charge is 0.463 e. The minimum absolute atomic E-state index is 0.165. The summed E-state index contributed by atoms with van der Waals surface area (Å²) in [7, 11) is 0. The molecule has 1 saturated heterocycles. The highest BCUT2D eigenvalue weighted by Gasteiger charge is 2.29. The van der Waals surface area contributed by atoms with Crippen molar-refractivity contribution < 1.29 is 19.1 Å². The molecule has 6 nitrogen and oxygen atoms in total. The highest BCUT2D eigenvalue weighted by atomic mass is 32.2. The van der Waals surface area contributed by atoms with E-state index in [2.05, 4.69) is 5.32 Å². The molecule has 1 fully saturated rings. The van der Waals surface area contributed by atoms with Crippen LogP contribution in [0.1, 0.15) is 6.92 Å². The minimum atomic E-state index is -0.528. The average molecular weight is 429 g/mol. The van der Waals surface area contributed by atoms with Crippen LogP contribution in [0.5, 0.6) is 0 Å². The van der Waals surface area contributed by atoms with Gasteiger partial charge in [-0.1, -0.05) is 53.9 Å². The number of esters is 1. The highest BCUT2D eigenvalue weighted by Crippen LogP contribution is 2.33. The molecule has 1 heterocycles. The van der Waals surface area contributed by atoms with Gasteiger partial charge in [0.15, 0.2) is 0 Å². The van der Waals surface area contributed by atoms with Crippen LogP contribution in [0.25, 0.3) is 0 Å². The maximum atomic E-state index is 12.6. The lowest BCUT2D eigenvalue weighted by Gasteiger charge is -2.17. The molecule has 0 atom stereocenters. The van der Waals surface area contributed by atoms with Gasteiger partial charge in [0, 0.05) is 9.79 Å². The maximum absolute atomic E-state index is 12.6. The summed E-state index contributed by atoms with van der Waals surface area (Å²) in [5, 5.41) is 3.30. The van der Waals surface area contributed by atoms with Gasteiger partial charge < -0.3 is 10.1 Å². The Morgan fingerprint density at radius 2 is 1.90 bits per heavy atom. The molecule has 0 bridgehead atoms. The van der Waals surface area contributed by atoms with Gasteiger partial charge in [-0.15, -0.1) is 0 Å². The van der Waals surface area contributed by atoms with E-state index in [1.54, 1.807) is 18.7 Å². The number of carbonyl (C=O) groups is 3. The standard InChI is InChI=1S/C21H20N2O4S2/c1-2-27-21(26)12-20-23(19(25)14-28-20)13-18(24)22-16-10-6-7-11-17(16)29-15-8-4-3-5-9-15/h3-12H,2,13-14H2,1H3,(H,22,24)/b20-12+. The molecule has 0 spiro atoms. The molecule has 1 aliphatic rings. The van der Waals surface area contributed by atoms with Crippen molar-refractivity contribution in [2.75, 3.05) is 24.2 Å². The van der Waals surface area contributed by atoms with Crippen LogP contribution in [0.2, 0.25) is 0 Å². The first kappa shape index (κ1) is 21.0. The zero-order valence-electron chi connectivity index (χ0n) is 15.8. The first-order valence-corrected chi connectivity index (χ1v) is 10.8. The van der Waals surface area contributed by atoms with Gasteiger partial charge in [0.25, 0.3) is 0 Å². The second-order valence-corrected chi connectivity index (χ2v) is 8.07. The van der Waals surface area contributed by atoms with Crippen LogP contribution in [0.15, 0.2) is 75.5 Å². The second-order valence-electron chi connectivity index (χ2n) is 5.96. The molecule has 8 heteroatoms. The van der Waals surface area contributed by atoms with E-state index in [9.17, 15) is 14.4 Å². The van der Waals surface area contributed by atoms with E-state index in [1.807, 2.05) is 54.6 Å². The second kappa shape index (κ2) is 10.2. The van der Waals surface area contributed by atoms with Gasteiger partial charge in [-0.3, -0.25) is 14.5 Å². The van der Waals surface area contributed by atoms with Crippen LogP contribution in [-0.4, -0.2) is 41.6 Å². The molecule has 2 aromatic carbocycles. The average Bonchev–Trinajstić information content (AvgIpc) is 3.04. The summed E-state index contributed by atoms with van der Waals surface area (Å²) in [4.78, 5) is 39.7. The number of nitrogens with zero attached hydrogens (tertiary/aromatic N) is 1.